The fraction of sp³-hybridized carbons (Fsp3) is 0.889. The first-order valence-corrected chi connectivity index (χ1v) is 5.40. The number of carbonyl (C=O) groups is 1. The van der Waals surface area contributed by atoms with Crippen LogP contribution in [0.15, 0.2) is 0 Å². The van der Waals surface area contributed by atoms with Gasteiger partial charge in [-0.2, -0.15) is 0 Å². The summed E-state index contributed by atoms with van der Waals surface area (Å²) in [7, 11) is 0. The minimum absolute atomic E-state index is 0.0223. The SMILES string of the molecule is CCC(=O)N(CC(C)Cl)CC(C)Cl. The molecule has 0 aromatic heterocycles. The zero-order chi connectivity index (χ0) is 10.4. The normalized spacial score (nSPS) is 15.2. The van der Waals surface area contributed by atoms with Gasteiger partial charge in [0.15, 0.2) is 0 Å². The third-order valence-electron chi connectivity index (χ3n) is 1.60. The molecule has 0 radical (unpaired) electrons. The lowest BCUT2D eigenvalue weighted by Gasteiger charge is -2.24. The number of rotatable bonds is 5. The van der Waals surface area contributed by atoms with E-state index < -0.39 is 0 Å². The number of hydrogen-bond donors (Lipinski definition) is 0. The molecule has 13 heavy (non-hydrogen) atoms. The van der Waals surface area contributed by atoms with Crippen LogP contribution in [0.1, 0.15) is 27.2 Å². The minimum Gasteiger partial charge on any atom is -0.340 e. The Morgan fingerprint density at radius 2 is 1.62 bits per heavy atom. The molecule has 2 atom stereocenters. The summed E-state index contributed by atoms with van der Waals surface area (Å²) in [5.74, 6) is 0.111. The van der Waals surface area contributed by atoms with Gasteiger partial charge in [-0.3, -0.25) is 4.79 Å². The van der Waals surface area contributed by atoms with Crippen LogP contribution in [0.25, 0.3) is 0 Å². The van der Waals surface area contributed by atoms with E-state index in [9.17, 15) is 4.79 Å². The highest BCUT2D eigenvalue weighted by atomic mass is 35.5. The van der Waals surface area contributed by atoms with Crippen molar-refractivity contribution in [1.29, 1.82) is 0 Å². The van der Waals surface area contributed by atoms with Gasteiger partial charge in [-0.1, -0.05) is 6.92 Å². The van der Waals surface area contributed by atoms with E-state index in [1.165, 1.54) is 0 Å². The monoisotopic (exact) mass is 225 g/mol. The van der Waals surface area contributed by atoms with Crippen LogP contribution in [0.3, 0.4) is 0 Å². The predicted molar refractivity (Wildman–Crippen MR) is 57.5 cm³/mol. The molecule has 0 aromatic carbocycles. The molecule has 0 aliphatic rings. The molecule has 0 bridgehead atoms. The van der Waals surface area contributed by atoms with E-state index in [2.05, 4.69) is 0 Å². The third kappa shape index (κ3) is 6.17. The number of amides is 1. The Morgan fingerprint density at radius 1 is 1.23 bits per heavy atom. The van der Waals surface area contributed by atoms with Gasteiger partial charge in [-0.15, -0.1) is 23.2 Å². The Balaban J connectivity index is 4.10. The maximum absolute atomic E-state index is 11.4. The highest BCUT2D eigenvalue weighted by molar-refractivity contribution is 6.21. The van der Waals surface area contributed by atoms with Gasteiger partial charge in [0.1, 0.15) is 0 Å². The molecule has 2 unspecified atom stereocenters. The average molecular weight is 226 g/mol. The van der Waals surface area contributed by atoms with Crippen LogP contribution in [0.2, 0.25) is 0 Å². The molecule has 2 nitrogen and oxygen atoms in total. The summed E-state index contributed by atoms with van der Waals surface area (Å²) < 4.78 is 0. The molecule has 0 heterocycles. The van der Waals surface area contributed by atoms with E-state index in [1.807, 2.05) is 20.8 Å². The van der Waals surface area contributed by atoms with Crippen LogP contribution in [0.4, 0.5) is 0 Å². The van der Waals surface area contributed by atoms with Gasteiger partial charge < -0.3 is 4.90 Å². The fourth-order valence-electron chi connectivity index (χ4n) is 1.11. The summed E-state index contributed by atoms with van der Waals surface area (Å²) in [5.41, 5.74) is 0. The zero-order valence-electron chi connectivity index (χ0n) is 8.39. The molecule has 4 heteroatoms. The van der Waals surface area contributed by atoms with Crippen molar-refractivity contribution in [2.75, 3.05) is 13.1 Å². The fourth-order valence-corrected chi connectivity index (χ4v) is 1.44. The summed E-state index contributed by atoms with van der Waals surface area (Å²) >= 11 is 11.6. The molecule has 0 N–H and O–H groups in total. The Kier molecular flexibility index (Phi) is 6.52. The van der Waals surface area contributed by atoms with Gasteiger partial charge in [0.2, 0.25) is 5.91 Å². The highest BCUT2D eigenvalue weighted by Gasteiger charge is 2.15. The Morgan fingerprint density at radius 3 is 1.85 bits per heavy atom. The van der Waals surface area contributed by atoms with E-state index in [-0.39, 0.29) is 16.7 Å². The molecule has 0 rings (SSSR count). The Bertz CT molecular complexity index is 150. The van der Waals surface area contributed by atoms with E-state index >= 15 is 0 Å². The van der Waals surface area contributed by atoms with E-state index in [1.54, 1.807) is 4.90 Å². The van der Waals surface area contributed by atoms with Crippen molar-refractivity contribution in [2.45, 2.75) is 37.9 Å². The van der Waals surface area contributed by atoms with Crippen LogP contribution < -0.4 is 0 Å². The van der Waals surface area contributed by atoms with Gasteiger partial charge in [-0.05, 0) is 13.8 Å². The maximum Gasteiger partial charge on any atom is 0.222 e. The lowest BCUT2D eigenvalue weighted by molar-refractivity contribution is -0.130. The first kappa shape index (κ1) is 13.1. The first-order chi connectivity index (χ1) is 5.97. The molecule has 0 saturated heterocycles. The van der Waals surface area contributed by atoms with Crippen molar-refractivity contribution in [2.24, 2.45) is 0 Å². The molecular formula is C9H17Cl2NO. The topological polar surface area (TPSA) is 20.3 Å². The quantitative estimate of drug-likeness (QED) is 0.659. The van der Waals surface area contributed by atoms with Crippen molar-refractivity contribution >= 4 is 29.1 Å². The second kappa shape index (κ2) is 6.50. The van der Waals surface area contributed by atoms with Gasteiger partial charge >= 0.3 is 0 Å². The molecule has 78 valence electrons. The summed E-state index contributed by atoms with van der Waals surface area (Å²) in [6.07, 6.45) is 0.507. The Hall–Kier alpha value is 0.0500. The lowest BCUT2D eigenvalue weighted by Crippen LogP contribution is -2.38. The Labute approximate surface area is 90.2 Å². The number of nitrogens with zero attached hydrogens (tertiary/aromatic N) is 1. The largest absolute Gasteiger partial charge is 0.340 e. The molecule has 0 aromatic rings. The standard InChI is InChI=1S/C9H17Cl2NO/c1-4-9(13)12(5-7(2)10)6-8(3)11/h7-8H,4-6H2,1-3H3. The number of halogens is 2. The third-order valence-corrected chi connectivity index (χ3v) is 1.88. The summed E-state index contributed by atoms with van der Waals surface area (Å²) in [5, 5.41) is -0.0446. The number of alkyl halides is 2. The van der Waals surface area contributed by atoms with Gasteiger partial charge in [-0.25, -0.2) is 0 Å². The van der Waals surface area contributed by atoms with Crippen LogP contribution in [0, 0.1) is 0 Å². The van der Waals surface area contributed by atoms with Crippen molar-refractivity contribution in [3.8, 4) is 0 Å². The second-order valence-electron chi connectivity index (χ2n) is 3.21. The first-order valence-electron chi connectivity index (χ1n) is 4.53. The van der Waals surface area contributed by atoms with Crippen LogP contribution >= 0.6 is 23.2 Å². The summed E-state index contributed by atoms with van der Waals surface area (Å²) in [6, 6.07) is 0. The molecular weight excluding hydrogens is 209 g/mol. The molecule has 1 amide bonds. The highest BCUT2D eigenvalue weighted by Crippen LogP contribution is 2.05. The summed E-state index contributed by atoms with van der Waals surface area (Å²) in [6.45, 7) is 6.73. The van der Waals surface area contributed by atoms with Crippen molar-refractivity contribution < 1.29 is 4.79 Å². The summed E-state index contributed by atoms with van der Waals surface area (Å²) in [4.78, 5) is 13.1. The van der Waals surface area contributed by atoms with Gasteiger partial charge in [0, 0.05) is 30.3 Å². The minimum atomic E-state index is -0.0223. The van der Waals surface area contributed by atoms with E-state index in [0.717, 1.165) is 0 Å². The molecule has 0 spiro atoms. The van der Waals surface area contributed by atoms with Gasteiger partial charge in [0.05, 0.1) is 0 Å². The number of hydrogen-bond acceptors (Lipinski definition) is 1. The van der Waals surface area contributed by atoms with Crippen molar-refractivity contribution in [1.82, 2.24) is 4.90 Å². The van der Waals surface area contributed by atoms with E-state index in [0.29, 0.717) is 19.5 Å². The maximum atomic E-state index is 11.4. The zero-order valence-corrected chi connectivity index (χ0v) is 9.90. The molecule has 0 aliphatic heterocycles. The van der Waals surface area contributed by atoms with Crippen molar-refractivity contribution in [3.63, 3.8) is 0 Å². The van der Waals surface area contributed by atoms with Crippen LogP contribution in [-0.2, 0) is 4.79 Å². The van der Waals surface area contributed by atoms with Crippen molar-refractivity contribution in [3.05, 3.63) is 0 Å². The number of carbonyl (C=O) groups excluding carboxylic acids is 1. The molecule has 0 saturated carbocycles. The smallest absolute Gasteiger partial charge is 0.222 e. The van der Waals surface area contributed by atoms with Crippen LogP contribution in [-0.4, -0.2) is 34.7 Å². The average Bonchev–Trinajstić information content (AvgIpc) is 2.00. The van der Waals surface area contributed by atoms with E-state index in [4.69, 9.17) is 23.2 Å². The second-order valence-corrected chi connectivity index (χ2v) is 4.70. The predicted octanol–water partition coefficient (Wildman–Crippen LogP) is 2.48. The molecule has 0 fully saturated rings. The molecule has 0 aliphatic carbocycles. The lowest BCUT2D eigenvalue weighted by atomic mass is 10.3. The van der Waals surface area contributed by atoms with Crippen LogP contribution in [0.5, 0.6) is 0 Å². The van der Waals surface area contributed by atoms with Gasteiger partial charge in [0.25, 0.3) is 0 Å².